The van der Waals surface area contributed by atoms with Gasteiger partial charge in [-0.25, -0.2) is 4.99 Å². The molecule has 1 fully saturated rings. The number of hydrogen-bond donors (Lipinski definition) is 0. The summed E-state index contributed by atoms with van der Waals surface area (Å²) in [5.74, 6) is 0.616. The second-order valence-corrected chi connectivity index (χ2v) is 9.52. The summed E-state index contributed by atoms with van der Waals surface area (Å²) in [4.78, 5) is 22.3. The lowest BCUT2D eigenvalue weighted by atomic mass is 9.90. The molecule has 3 aromatic carbocycles. The van der Waals surface area contributed by atoms with Gasteiger partial charge in [0, 0.05) is 18.7 Å². The predicted molar refractivity (Wildman–Crippen MR) is 136 cm³/mol. The van der Waals surface area contributed by atoms with Gasteiger partial charge in [0.1, 0.15) is 5.71 Å². The zero-order chi connectivity index (χ0) is 22.8. The van der Waals surface area contributed by atoms with E-state index in [4.69, 9.17) is 23.2 Å². The van der Waals surface area contributed by atoms with Gasteiger partial charge >= 0.3 is 0 Å². The van der Waals surface area contributed by atoms with Gasteiger partial charge in [-0.05, 0) is 55.0 Å². The third-order valence-corrected chi connectivity index (χ3v) is 7.20. The van der Waals surface area contributed by atoms with Crippen molar-refractivity contribution in [3.8, 4) is 0 Å². The van der Waals surface area contributed by atoms with E-state index in [9.17, 15) is 4.79 Å². The van der Waals surface area contributed by atoms with Crippen LogP contribution in [0.3, 0.4) is 0 Å². The zero-order valence-corrected chi connectivity index (χ0v) is 19.8. The molecule has 1 amide bonds. The first kappa shape index (κ1) is 22.1. The highest BCUT2D eigenvalue weighted by Crippen LogP contribution is 2.33. The summed E-state index contributed by atoms with van der Waals surface area (Å²) in [7, 11) is 0. The summed E-state index contributed by atoms with van der Waals surface area (Å²) in [6.45, 7) is 2.56. The van der Waals surface area contributed by atoms with Gasteiger partial charge in [-0.2, -0.15) is 0 Å². The molecule has 0 saturated carbocycles. The Balaban J connectivity index is 1.30. The molecule has 168 valence electrons. The number of anilines is 1. The number of nitrogens with zero attached hydrogens (tertiary/aromatic N) is 3. The van der Waals surface area contributed by atoms with Gasteiger partial charge < -0.3 is 0 Å². The number of carbonyl (C=O) groups is 1. The van der Waals surface area contributed by atoms with Crippen LogP contribution in [0.25, 0.3) is 0 Å². The fourth-order valence-electron chi connectivity index (χ4n) is 4.67. The number of piperidine rings is 1. The molecule has 4 nitrogen and oxygen atoms in total. The lowest BCUT2D eigenvalue weighted by Gasteiger charge is -2.34. The predicted octanol–water partition coefficient (Wildman–Crippen LogP) is 6.37. The van der Waals surface area contributed by atoms with Crippen molar-refractivity contribution < 1.29 is 4.79 Å². The summed E-state index contributed by atoms with van der Waals surface area (Å²) in [6, 6.07) is 23.7. The maximum atomic E-state index is 13.4. The third kappa shape index (κ3) is 4.84. The topological polar surface area (TPSA) is 35.9 Å². The molecule has 0 N–H and O–H groups in total. The molecule has 3 aromatic rings. The smallest absolute Gasteiger partial charge is 0.278 e. The van der Waals surface area contributed by atoms with Crippen LogP contribution in [0, 0.1) is 5.92 Å². The van der Waals surface area contributed by atoms with Crippen LogP contribution in [0.4, 0.5) is 11.4 Å². The summed E-state index contributed by atoms with van der Waals surface area (Å²) in [5.41, 5.74) is 4.23. The highest BCUT2D eigenvalue weighted by molar-refractivity contribution is 6.54. The number of hydrogen-bond acceptors (Lipinski definition) is 3. The standard InChI is InChI=1S/C27H25Cl2N3O/c28-23-11-10-21(17-24(23)29)30-26-22-8-4-5-9-25(22)32(27(26)33)18-31-14-12-20(13-15-31)16-19-6-2-1-3-7-19/h1-11,17,20H,12-16,18H2. The molecule has 2 heterocycles. The number of carbonyl (C=O) groups excluding carboxylic acids is 1. The van der Waals surface area contributed by atoms with Crippen LogP contribution in [0.5, 0.6) is 0 Å². The van der Waals surface area contributed by atoms with Crippen LogP contribution >= 0.6 is 23.2 Å². The Morgan fingerprint density at radius 3 is 2.36 bits per heavy atom. The van der Waals surface area contributed by atoms with E-state index < -0.39 is 0 Å². The van der Waals surface area contributed by atoms with E-state index in [1.54, 1.807) is 18.2 Å². The van der Waals surface area contributed by atoms with Gasteiger partial charge in [-0.15, -0.1) is 0 Å². The fourth-order valence-corrected chi connectivity index (χ4v) is 4.97. The largest absolute Gasteiger partial charge is 0.293 e. The monoisotopic (exact) mass is 477 g/mol. The van der Waals surface area contributed by atoms with Crippen molar-refractivity contribution >= 4 is 46.2 Å². The summed E-state index contributed by atoms with van der Waals surface area (Å²) in [5, 5.41) is 0.892. The first-order valence-electron chi connectivity index (χ1n) is 11.3. The number of benzene rings is 3. The molecule has 0 radical (unpaired) electrons. The van der Waals surface area contributed by atoms with Crippen LogP contribution < -0.4 is 4.90 Å². The second kappa shape index (κ2) is 9.68. The maximum Gasteiger partial charge on any atom is 0.278 e. The number of aliphatic imine (C=N–C) groups is 1. The number of likely N-dealkylation sites (tertiary alicyclic amines) is 1. The van der Waals surface area contributed by atoms with Crippen molar-refractivity contribution in [1.82, 2.24) is 4.90 Å². The lowest BCUT2D eigenvalue weighted by molar-refractivity contribution is -0.112. The second-order valence-electron chi connectivity index (χ2n) is 8.70. The van der Waals surface area contributed by atoms with Gasteiger partial charge in [0.25, 0.3) is 5.91 Å². The third-order valence-electron chi connectivity index (χ3n) is 6.46. The van der Waals surface area contributed by atoms with Gasteiger partial charge in [-0.1, -0.05) is 71.7 Å². The van der Waals surface area contributed by atoms with Gasteiger partial charge in [0.2, 0.25) is 0 Å². The Morgan fingerprint density at radius 1 is 0.879 bits per heavy atom. The maximum absolute atomic E-state index is 13.4. The normalized spacial score (nSPS) is 18.2. The van der Waals surface area contributed by atoms with Crippen molar-refractivity contribution in [2.45, 2.75) is 19.3 Å². The average molecular weight is 478 g/mol. The number of para-hydroxylation sites is 1. The molecule has 0 aliphatic carbocycles. The van der Waals surface area contributed by atoms with E-state index in [1.807, 2.05) is 29.2 Å². The quantitative estimate of drug-likeness (QED) is 0.427. The minimum absolute atomic E-state index is 0.0753. The van der Waals surface area contributed by atoms with E-state index in [0.29, 0.717) is 34.0 Å². The highest BCUT2D eigenvalue weighted by atomic mass is 35.5. The van der Waals surface area contributed by atoms with Crippen LogP contribution in [0.1, 0.15) is 24.0 Å². The average Bonchev–Trinajstić information content (AvgIpc) is 3.09. The molecule has 0 bridgehead atoms. The van der Waals surface area contributed by atoms with Gasteiger partial charge in [-0.3, -0.25) is 14.6 Å². The number of amides is 1. The fraction of sp³-hybridized carbons (Fsp3) is 0.259. The Kier molecular flexibility index (Phi) is 6.50. The van der Waals surface area contributed by atoms with E-state index in [1.165, 1.54) is 5.56 Å². The van der Waals surface area contributed by atoms with E-state index in [0.717, 1.165) is 43.6 Å². The minimum atomic E-state index is -0.0753. The number of rotatable bonds is 5. The zero-order valence-electron chi connectivity index (χ0n) is 18.3. The summed E-state index contributed by atoms with van der Waals surface area (Å²) < 4.78 is 0. The first-order chi connectivity index (χ1) is 16.1. The van der Waals surface area contributed by atoms with Crippen molar-refractivity contribution in [3.05, 3.63) is 94.0 Å². The Labute approximate surface area is 204 Å². The molecule has 33 heavy (non-hydrogen) atoms. The highest BCUT2D eigenvalue weighted by Gasteiger charge is 2.35. The molecule has 5 rings (SSSR count). The van der Waals surface area contributed by atoms with Crippen molar-refractivity contribution in [3.63, 3.8) is 0 Å². The molecule has 6 heteroatoms. The Morgan fingerprint density at radius 2 is 1.61 bits per heavy atom. The molecule has 1 saturated heterocycles. The molecule has 0 spiro atoms. The van der Waals surface area contributed by atoms with Crippen LogP contribution in [0.15, 0.2) is 77.8 Å². The SMILES string of the molecule is O=C1C(=Nc2ccc(Cl)c(Cl)c2)c2ccccc2N1CN1CCC(Cc2ccccc2)CC1. The lowest BCUT2D eigenvalue weighted by Crippen LogP contribution is -2.44. The van der Waals surface area contributed by atoms with E-state index >= 15 is 0 Å². The van der Waals surface area contributed by atoms with E-state index in [-0.39, 0.29) is 5.91 Å². The Bertz CT molecular complexity index is 1190. The molecular formula is C27H25Cl2N3O. The minimum Gasteiger partial charge on any atom is -0.293 e. The van der Waals surface area contributed by atoms with Crippen LogP contribution in [-0.2, 0) is 11.2 Å². The first-order valence-corrected chi connectivity index (χ1v) is 12.1. The molecular weight excluding hydrogens is 453 g/mol. The van der Waals surface area contributed by atoms with Crippen molar-refractivity contribution in [2.75, 3.05) is 24.7 Å². The van der Waals surface area contributed by atoms with Crippen LogP contribution in [-0.4, -0.2) is 36.3 Å². The van der Waals surface area contributed by atoms with Crippen molar-refractivity contribution in [1.29, 1.82) is 0 Å². The Hall–Kier alpha value is -2.66. The number of halogens is 2. The van der Waals surface area contributed by atoms with Gasteiger partial charge in [0.15, 0.2) is 0 Å². The van der Waals surface area contributed by atoms with Gasteiger partial charge in [0.05, 0.1) is 28.1 Å². The summed E-state index contributed by atoms with van der Waals surface area (Å²) >= 11 is 12.2. The van der Waals surface area contributed by atoms with E-state index in [2.05, 4.69) is 40.2 Å². The molecule has 0 aromatic heterocycles. The summed E-state index contributed by atoms with van der Waals surface area (Å²) in [6.07, 6.45) is 3.41. The van der Waals surface area contributed by atoms with Crippen LogP contribution in [0.2, 0.25) is 10.0 Å². The number of fused-ring (bicyclic) bond motifs is 1. The molecule has 0 unspecified atom stereocenters. The molecule has 2 aliphatic rings. The molecule has 0 atom stereocenters. The molecule has 2 aliphatic heterocycles. The van der Waals surface area contributed by atoms with Crippen molar-refractivity contribution in [2.24, 2.45) is 10.9 Å².